The van der Waals surface area contributed by atoms with Gasteiger partial charge in [-0.3, -0.25) is 0 Å². The van der Waals surface area contributed by atoms with Crippen molar-refractivity contribution in [3.63, 3.8) is 0 Å². The molecule has 8 heteroatoms. The monoisotopic (exact) mass is 397 g/mol. The molecule has 0 saturated heterocycles. The van der Waals surface area contributed by atoms with Crippen molar-refractivity contribution in [2.45, 2.75) is 58.7 Å². The van der Waals surface area contributed by atoms with E-state index in [2.05, 4.69) is 15.3 Å². The Labute approximate surface area is 163 Å². The van der Waals surface area contributed by atoms with Crippen LogP contribution in [0, 0.1) is 0 Å². The summed E-state index contributed by atoms with van der Waals surface area (Å²) in [7, 11) is 0. The molecule has 0 fully saturated rings. The van der Waals surface area contributed by atoms with E-state index in [1.54, 1.807) is 24.3 Å². The fourth-order valence-electron chi connectivity index (χ4n) is 2.34. The van der Waals surface area contributed by atoms with Crippen molar-refractivity contribution >= 4 is 11.6 Å². The molecule has 0 spiro atoms. The highest BCUT2D eigenvalue weighted by Crippen LogP contribution is 2.35. The van der Waals surface area contributed by atoms with Gasteiger partial charge < -0.3 is 14.8 Å². The second-order valence-corrected chi connectivity index (χ2v) is 7.33. The lowest BCUT2D eigenvalue weighted by atomic mass is 10.2. The number of nitrogens with zero attached hydrogens (tertiary/aromatic N) is 2. The molecular formula is C20H26F3N3O2. The van der Waals surface area contributed by atoms with E-state index in [0.29, 0.717) is 17.9 Å². The van der Waals surface area contributed by atoms with Crippen molar-refractivity contribution in [3.05, 3.63) is 36.0 Å². The molecule has 1 aromatic carbocycles. The molecule has 28 heavy (non-hydrogen) atoms. The molecule has 0 unspecified atom stereocenters. The summed E-state index contributed by atoms with van der Waals surface area (Å²) in [6.45, 7) is 8.00. The average molecular weight is 397 g/mol. The van der Waals surface area contributed by atoms with E-state index in [1.165, 1.54) is 0 Å². The average Bonchev–Trinajstić information content (AvgIpc) is 2.58. The smallest absolute Gasteiger partial charge is 0.423 e. The van der Waals surface area contributed by atoms with Crippen LogP contribution in [-0.4, -0.2) is 22.2 Å². The van der Waals surface area contributed by atoms with E-state index in [-0.39, 0.29) is 18.2 Å². The first-order valence-corrected chi connectivity index (χ1v) is 9.21. The Bertz CT molecular complexity index is 757. The number of hydrogen-bond donors (Lipinski definition) is 1. The van der Waals surface area contributed by atoms with Crippen LogP contribution in [0.15, 0.2) is 30.5 Å². The normalized spacial score (nSPS) is 12.0. The molecule has 0 radical (unpaired) electrons. The van der Waals surface area contributed by atoms with Crippen LogP contribution in [0.1, 0.15) is 52.5 Å². The van der Waals surface area contributed by atoms with E-state index < -0.39 is 17.6 Å². The summed E-state index contributed by atoms with van der Waals surface area (Å²) >= 11 is 0. The number of hydrogen-bond acceptors (Lipinski definition) is 5. The van der Waals surface area contributed by atoms with Gasteiger partial charge in [-0.15, -0.1) is 0 Å². The van der Waals surface area contributed by atoms with Gasteiger partial charge in [0.1, 0.15) is 16.9 Å². The van der Waals surface area contributed by atoms with Crippen molar-refractivity contribution in [3.8, 4) is 11.6 Å². The van der Waals surface area contributed by atoms with Gasteiger partial charge in [-0.1, -0.05) is 19.8 Å². The Morgan fingerprint density at radius 3 is 2.29 bits per heavy atom. The zero-order valence-corrected chi connectivity index (χ0v) is 16.6. The third-order valence-electron chi connectivity index (χ3n) is 3.58. The Morgan fingerprint density at radius 1 is 1.04 bits per heavy atom. The van der Waals surface area contributed by atoms with Crippen LogP contribution in [-0.2, 0) is 6.18 Å². The Kier molecular flexibility index (Phi) is 7.10. The highest BCUT2D eigenvalue weighted by Gasteiger charge is 2.36. The first-order chi connectivity index (χ1) is 13.1. The van der Waals surface area contributed by atoms with E-state index in [1.807, 2.05) is 27.7 Å². The summed E-state index contributed by atoms with van der Waals surface area (Å²) in [5.41, 5.74) is -0.684. The van der Waals surface area contributed by atoms with Crippen LogP contribution < -0.4 is 14.8 Å². The molecule has 1 aromatic heterocycles. The number of unbranched alkanes of at least 4 members (excludes halogenated alkanes) is 2. The number of anilines is 2. The van der Waals surface area contributed by atoms with Gasteiger partial charge in [-0.25, -0.2) is 4.98 Å². The molecule has 0 aliphatic carbocycles. The van der Waals surface area contributed by atoms with Gasteiger partial charge in [-0.2, -0.15) is 18.2 Å². The number of nitrogens with one attached hydrogen (secondary N) is 1. The topological polar surface area (TPSA) is 56.3 Å². The summed E-state index contributed by atoms with van der Waals surface area (Å²) < 4.78 is 50.5. The number of benzene rings is 1. The highest BCUT2D eigenvalue weighted by molar-refractivity contribution is 5.55. The third-order valence-corrected chi connectivity index (χ3v) is 3.58. The van der Waals surface area contributed by atoms with Crippen molar-refractivity contribution in [2.75, 3.05) is 11.9 Å². The molecule has 0 atom stereocenters. The van der Waals surface area contributed by atoms with Crippen LogP contribution in [0.3, 0.4) is 0 Å². The largest absolute Gasteiger partial charge is 0.488 e. The maximum atomic E-state index is 13.2. The van der Waals surface area contributed by atoms with Crippen molar-refractivity contribution < 1.29 is 22.6 Å². The van der Waals surface area contributed by atoms with Crippen LogP contribution in [0.4, 0.5) is 24.8 Å². The van der Waals surface area contributed by atoms with Gasteiger partial charge >= 0.3 is 6.18 Å². The number of ether oxygens (including phenoxy) is 2. The SMILES string of the molecule is CCCCCOc1nc(Nc2ccc(OC(C)(C)C)cc2)ncc1C(F)(F)F. The lowest BCUT2D eigenvalue weighted by Gasteiger charge is -2.21. The summed E-state index contributed by atoms with van der Waals surface area (Å²) in [6, 6.07) is 7.01. The van der Waals surface area contributed by atoms with E-state index >= 15 is 0 Å². The molecule has 0 aliphatic rings. The second-order valence-electron chi connectivity index (χ2n) is 7.33. The van der Waals surface area contributed by atoms with Crippen LogP contribution in [0.5, 0.6) is 11.6 Å². The fraction of sp³-hybridized carbons (Fsp3) is 0.500. The van der Waals surface area contributed by atoms with E-state index in [9.17, 15) is 13.2 Å². The molecule has 1 heterocycles. The predicted octanol–water partition coefficient (Wildman–Crippen LogP) is 5.99. The quantitative estimate of drug-likeness (QED) is 0.555. The van der Waals surface area contributed by atoms with Crippen LogP contribution in [0.25, 0.3) is 0 Å². The first-order valence-electron chi connectivity index (χ1n) is 9.21. The van der Waals surface area contributed by atoms with Gasteiger partial charge in [-0.05, 0) is 51.5 Å². The van der Waals surface area contributed by atoms with Gasteiger partial charge in [0, 0.05) is 11.9 Å². The minimum Gasteiger partial charge on any atom is -0.488 e. The molecule has 1 N–H and O–H groups in total. The summed E-state index contributed by atoms with van der Waals surface area (Å²) in [4.78, 5) is 7.69. The summed E-state index contributed by atoms with van der Waals surface area (Å²) in [5, 5.41) is 2.89. The standard InChI is InChI=1S/C20H26F3N3O2/c1-5-6-7-12-27-17-16(20(21,22)23)13-24-18(26-17)25-14-8-10-15(11-9-14)28-19(2,3)4/h8-11,13H,5-7,12H2,1-4H3,(H,24,25,26). The molecule has 2 aromatic rings. The lowest BCUT2D eigenvalue weighted by molar-refractivity contribution is -0.139. The molecule has 0 aliphatic heterocycles. The van der Waals surface area contributed by atoms with Crippen molar-refractivity contribution in [2.24, 2.45) is 0 Å². The van der Waals surface area contributed by atoms with Crippen molar-refractivity contribution in [1.29, 1.82) is 0 Å². The third kappa shape index (κ3) is 6.90. The van der Waals surface area contributed by atoms with Gasteiger partial charge in [0.2, 0.25) is 11.8 Å². The van der Waals surface area contributed by atoms with Crippen LogP contribution in [0.2, 0.25) is 0 Å². The Morgan fingerprint density at radius 2 is 1.71 bits per heavy atom. The lowest BCUT2D eigenvalue weighted by Crippen LogP contribution is -2.22. The van der Waals surface area contributed by atoms with Gasteiger partial charge in [0.15, 0.2) is 0 Å². The maximum Gasteiger partial charge on any atom is 0.423 e. The Balaban J connectivity index is 2.14. The van der Waals surface area contributed by atoms with Crippen LogP contribution >= 0.6 is 0 Å². The second kappa shape index (κ2) is 9.12. The van der Waals surface area contributed by atoms with E-state index in [0.717, 1.165) is 19.0 Å². The first kappa shape index (κ1) is 21.8. The number of alkyl halides is 3. The zero-order valence-electron chi connectivity index (χ0n) is 16.6. The molecule has 0 amide bonds. The molecule has 0 bridgehead atoms. The van der Waals surface area contributed by atoms with E-state index in [4.69, 9.17) is 9.47 Å². The molecule has 2 rings (SSSR count). The molecular weight excluding hydrogens is 371 g/mol. The summed E-state index contributed by atoms with van der Waals surface area (Å²) in [6.07, 6.45) is -1.36. The number of aromatic nitrogens is 2. The zero-order chi connectivity index (χ0) is 20.8. The predicted molar refractivity (Wildman–Crippen MR) is 102 cm³/mol. The van der Waals surface area contributed by atoms with Gasteiger partial charge in [0.25, 0.3) is 0 Å². The van der Waals surface area contributed by atoms with Crippen molar-refractivity contribution in [1.82, 2.24) is 9.97 Å². The maximum absolute atomic E-state index is 13.2. The molecule has 5 nitrogen and oxygen atoms in total. The summed E-state index contributed by atoms with van der Waals surface area (Å²) in [5.74, 6) is 0.253. The molecule has 0 saturated carbocycles. The highest BCUT2D eigenvalue weighted by atomic mass is 19.4. The number of halogens is 3. The number of rotatable bonds is 8. The van der Waals surface area contributed by atoms with Gasteiger partial charge in [0.05, 0.1) is 6.61 Å². The minimum absolute atomic E-state index is 0.0305. The minimum atomic E-state index is -4.58. The fourth-order valence-corrected chi connectivity index (χ4v) is 2.34. The molecule has 154 valence electrons. The Hall–Kier alpha value is -2.51.